The molecule has 0 radical (unpaired) electrons. The van der Waals surface area contributed by atoms with Crippen LogP contribution in [-0.4, -0.2) is 99.3 Å². The number of fused-ring (bicyclic) bond motifs is 3. The van der Waals surface area contributed by atoms with Crippen molar-refractivity contribution in [1.29, 1.82) is 0 Å². The quantitative estimate of drug-likeness (QED) is 0.186. The lowest BCUT2D eigenvalue weighted by molar-refractivity contribution is -0.141. The lowest BCUT2D eigenvalue weighted by Gasteiger charge is -2.30. The van der Waals surface area contributed by atoms with Gasteiger partial charge in [-0.2, -0.15) is 0 Å². The number of allylic oxidation sites excluding steroid dienone is 1. The summed E-state index contributed by atoms with van der Waals surface area (Å²) in [6, 6.07) is 4.49. The van der Waals surface area contributed by atoms with Crippen LogP contribution >= 0.6 is 11.3 Å². The van der Waals surface area contributed by atoms with E-state index in [4.69, 9.17) is 9.72 Å². The van der Waals surface area contributed by atoms with Crippen LogP contribution in [0.15, 0.2) is 40.5 Å². The van der Waals surface area contributed by atoms with Crippen molar-refractivity contribution >= 4 is 61.3 Å². The summed E-state index contributed by atoms with van der Waals surface area (Å²) in [5.74, 6) is -1.92. The zero-order valence-electron chi connectivity index (χ0n) is 36.8. The molecule has 0 spiro atoms. The Kier molecular flexibility index (Phi) is 13.0. The maximum atomic E-state index is 13.6. The molecule has 1 aromatic carbocycles. The molecule has 3 aromatic rings. The van der Waals surface area contributed by atoms with Crippen molar-refractivity contribution in [3.63, 3.8) is 0 Å². The minimum atomic E-state index is -3.88. The molecule has 8 rings (SSSR count). The molecule has 2 aromatic heterocycles. The number of hydrogen-bond donors (Lipinski definition) is 4. The third-order valence-corrected chi connectivity index (χ3v) is 15.6. The lowest BCUT2D eigenvalue weighted by atomic mass is 10.0. The highest BCUT2D eigenvalue weighted by Gasteiger charge is 2.63. The van der Waals surface area contributed by atoms with E-state index in [1.54, 1.807) is 43.6 Å². The summed E-state index contributed by atoms with van der Waals surface area (Å²) in [4.78, 5) is 76.9. The number of thiazole rings is 1. The molecule has 0 unspecified atom stereocenters. The molecular weight excluding hydrogens is 833 g/mol. The zero-order chi connectivity index (χ0) is 44.6. The zero-order valence-corrected chi connectivity index (χ0v) is 38.4. The molecule has 5 heterocycles. The minimum Gasteiger partial charge on any atom is -0.444 e. The molecule has 16 nitrogen and oxygen atoms in total. The molecule has 4 atom stereocenters. The number of imidazole rings is 1. The van der Waals surface area contributed by atoms with Gasteiger partial charge in [0.1, 0.15) is 23.2 Å². The highest BCUT2D eigenvalue weighted by atomic mass is 32.2. The summed E-state index contributed by atoms with van der Waals surface area (Å²) >= 11 is 1.68. The van der Waals surface area contributed by atoms with Crippen LogP contribution < -0.4 is 25.9 Å². The van der Waals surface area contributed by atoms with Gasteiger partial charge in [0.2, 0.25) is 21.8 Å². The Morgan fingerprint density at radius 1 is 1.02 bits per heavy atom. The number of rotatable bonds is 7. The fourth-order valence-corrected chi connectivity index (χ4v) is 10.8. The van der Waals surface area contributed by atoms with Crippen molar-refractivity contribution in [3.8, 4) is 11.3 Å². The number of alkyl carbamates (subject to hydrolysis) is 1. The number of carbonyl (C=O) groups is 4. The molecular formula is C44H68N8O8S2. The van der Waals surface area contributed by atoms with E-state index in [0.717, 1.165) is 59.8 Å². The minimum absolute atomic E-state index is 0. The first-order chi connectivity index (χ1) is 29.3. The Morgan fingerprint density at radius 3 is 2.45 bits per heavy atom. The standard InChI is InChI=1S/C27H42N4O7S.C17H20N4OS.3H2/c1-25(2,3)38-24(35)28-19-12-9-7-5-6-8-11-18-17-27(18,23(34)30-39(36,37)26(4)14-15-26)29-21(32)20-13-10-16-31(20)22(19)33;1-11(2)21-14-7-5-6-12(15(14)19-16(21)22)13-10-23-17(18-13)20-8-3-4-9-20;;;/h8,11,18-20H,5-7,9-10,12-17H2,1-4H3,(H,28,35)(H,29,32)(H,30,34);5-7,10-11H,3-4,8-9H2,1-2H3,(H,19,22);3*1H/b11-8-;;;;/t18-,19+,20+,27-;;;;/m1..../s1. The Bertz CT molecular complexity index is 2390. The number of nitrogens with zero attached hydrogens (tertiary/aromatic N) is 4. The molecule has 18 heteroatoms. The van der Waals surface area contributed by atoms with Crippen LogP contribution in [0.2, 0.25) is 0 Å². The molecule has 2 saturated heterocycles. The topological polar surface area (TPSA) is 205 Å². The van der Waals surface area contributed by atoms with E-state index in [0.29, 0.717) is 45.1 Å². The number of aromatic nitrogens is 3. The number of sulfonamides is 1. The van der Waals surface area contributed by atoms with E-state index in [-0.39, 0.29) is 34.3 Å². The monoisotopic (exact) mass is 900 g/mol. The van der Waals surface area contributed by atoms with E-state index in [1.807, 2.05) is 44.2 Å². The van der Waals surface area contributed by atoms with Crippen LogP contribution in [-0.2, 0) is 29.1 Å². The molecule has 0 bridgehead atoms. The second-order valence-electron chi connectivity index (χ2n) is 18.9. The third kappa shape index (κ3) is 9.75. The SMILES string of the molecule is CC(C)(C)OC(=O)N[C@H]1CCCCC/C=C\[C@@H]2C[C@@]2(C(=O)NS(=O)(=O)C2(C)CC2)NC(=O)[C@@H]2CCCN2C1=O.CC(C)n1c(=O)[nH]c2c(-c3csc(N4CCCC4)n3)cccc21.[HH].[HH].[HH]. The molecule has 4 fully saturated rings. The van der Waals surface area contributed by atoms with Gasteiger partial charge >= 0.3 is 11.8 Å². The lowest BCUT2D eigenvalue weighted by Crippen LogP contribution is -2.58. The van der Waals surface area contributed by atoms with E-state index >= 15 is 0 Å². The summed E-state index contributed by atoms with van der Waals surface area (Å²) < 4.78 is 34.0. The maximum absolute atomic E-state index is 13.6. The first-order valence-corrected chi connectivity index (χ1v) is 24.5. The summed E-state index contributed by atoms with van der Waals surface area (Å²) in [6.45, 7) is 13.4. The highest BCUT2D eigenvalue weighted by molar-refractivity contribution is 7.91. The molecule has 4 N–H and O–H groups in total. The van der Waals surface area contributed by atoms with Crippen molar-refractivity contribution in [2.24, 2.45) is 5.92 Å². The van der Waals surface area contributed by atoms with Gasteiger partial charge in [-0.1, -0.05) is 37.1 Å². The van der Waals surface area contributed by atoms with E-state index in [9.17, 15) is 32.4 Å². The van der Waals surface area contributed by atoms with Gasteiger partial charge in [0.25, 0.3) is 5.91 Å². The normalized spacial score (nSPS) is 25.7. The number of nitrogens with one attached hydrogen (secondary N) is 4. The van der Waals surface area contributed by atoms with E-state index in [1.165, 1.54) is 17.7 Å². The van der Waals surface area contributed by atoms with Gasteiger partial charge in [-0.15, -0.1) is 11.3 Å². The van der Waals surface area contributed by atoms with Crippen molar-refractivity contribution in [1.82, 2.24) is 34.8 Å². The number of H-pyrrole nitrogens is 1. The van der Waals surface area contributed by atoms with Crippen molar-refractivity contribution in [2.75, 3.05) is 24.5 Å². The first kappa shape index (κ1) is 45.3. The molecule has 4 amide bonds. The number of aromatic amines is 1. The van der Waals surface area contributed by atoms with Gasteiger partial charge in [0.15, 0.2) is 5.13 Å². The summed E-state index contributed by atoms with van der Waals surface area (Å²) in [7, 11) is -3.88. The van der Waals surface area contributed by atoms with Crippen LogP contribution in [0, 0.1) is 5.92 Å². The number of benzene rings is 1. The van der Waals surface area contributed by atoms with Gasteiger partial charge < -0.3 is 30.2 Å². The number of amides is 4. The second-order valence-corrected chi connectivity index (χ2v) is 21.9. The average Bonchev–Trinajstić information content (AvgIpc) is 3.68. The Morgan fingerprint density at radius 2 is 1.76 bits per heavy atom. The fourth-order valence-electron chi connectivity index (χ4n) is 8.64. The first-order valence-electron chi connectivity index (χ1n) is 22.1. The number of para-hydroxylation sites is 1. The van der Waals surface area contributed by atoms with Crippen LogP contribution in [0.4, 0.5) is 9.93 Å². The number of anilines is 1. The second kappa shape index (κ2) is 17.8. The van der Waals surface area contributed by atoms with Crippen LogP contribution in [0.3, 0.4) is 0 Å². The smallest absolute Gasteiger partial charge is 0.408 e. The largest absolute Gasteiger partial charge is 0.444 e. The summed E-state index contributed by atoms with van der Waals surface area (Å²) in [5, 5.41) is 8.72. The molecule has 2 aliphatic carbocycles. The van der Waals surface area contributed by atoms with Crippen molar-refractivity contribution in [3.05, 3.63) is 46.2 Å². The van der Waals surface area contributed by atoms with Gasteiger partial charge in [0.05, 0.1) is 21.5 Å². The van der Waals surface area contributed by atoms with Crippen LogP contribution in [0.25, 0.3) is 22.3 Å². The molecule has 344 valence electrons. The highest BCUT2D eigenvalue weighted by Crippen LogP contribution is 2.47. The Hall–Kier alpha value is -4.71. The predicted molar refractivity (Wildman–Crippen MR) is 246 cm³/mol. The molecule has 5 aliphatic rings. The van der Waals surface area contributed by atoms with E-state index < -0.39 is 55.9 Å². The van der Waals surface area contributed by atoms with Crippen LogP contribution in [0.1, 0.15) is 129 Å². The fraction of sp³-hybridized carbons (Fsp3) is 0.636. The van der Waals surface area contributed by atoms with E-state index in [2.05, 4.69) is 30.6 Å². The summed E-state index contributed by atoms with van der Waals surface area (Å²) in [6.07, 6.45) is 11.4. The van der Waals surface area contributed by atoms with Gasteiger partial charge in [-0.3, -0.25) is 23.7 Å². The molecule has 62 heavy (non-hydrogen) atoms. The van der Waals surface area contributed by atoms with Gasteiger partial charge in [0, 0.05) is 46.8 Å². The maximum Gasteiger partial charge on any atom is 0.408 e. The van der Waals surface area contributed by atoms with Crippen molar-refractivity contribution < 1.29 is 36.6 Å². The predicted octanol–water partition coefficient (Wildman–Crippen LogP) is 6.64. The number of ether oxygens (including phenoxy) is 1. The van der Waals surface area contributed by atoms with Crippen LogP contribution in [0.5, 0.6) is 0 Å². The average molecular weight is 901 g/mol. The van der Waals surface area contributed by atoms with Crippen molar-refractivity contribution in [2.45, 2.75) is 153 Å². The van der Waals surface area contributed by atoms with Gasteiger partial charge in [-0.25, -0.2) is 23.0 Å². The summed E-state index contributed by atoms with van der Waals surface area (Å²) in [5.41, 5.74) is 1.60. The Labute approximate surface area is 372 Å². The Balaban J connectivity index is 0.000000304. The molecule has 2 saturated carbocycles. The number of hydrogen-bond acceptors (Lipinski definition) is 11. The third-order valence-electron chi connectivity index (χ3n) is 12.6. The van der Waals surface area contributed by atoms with Gasteiger partial charge in [-0.05, 0) is 112 Å². The number of carbonyl (C=O) groups excluding carboxylic acids is 4. The molecule has 3 aliphatic heterocycles.